The Bertz CT molecular complexity index is 1150. The molecule has 154 valence electrons. The number of carbonyl (C=O) groups excluding carboxylic acids is 2. The highest BCUT2D eigenvalue weighted by Crippen LogP contribution is 2.28. The molecule has 4 rings (SSSR count). The number of rotatable bonds is 7. The van der Waals surface area contributed by atoms with Crippen molar-refractivity contribution >= 4 is 23.7 Å². The van der Waals surface area contributed by atoms with Gasteiger partial charge in [-0.2, -0.15) is 0 Å². The second-order valence-corrected chi connectivity index (χ2v) is 7.37. The SMILES string of the molecule is O=Cc1ccc(/C(=C\C=C(\c2ccccc2)c2ccc(C=O)cc2)c2ccccc2)cc1. The van der Waals surface area contributed by atoms with Gasteiger partial charge in [-0.25, -0.2) is 0 Å². The molecule has 0 aromatic heterocycles. The number of hydrogen-bond acceptors (Lipinski definition) is 2. The van der Waals surface area contributed by atoms with Gasteiger partial charge >= 0.3 is 0 Å². The average molecular weight is 415 g/mol. The highest BCUT2D eigenvalue weighted by Gasteiger charge is 2.07. The van der Waals surface area contributed by atoms with Gasteiger partial charge in [-0.15, -0.1) is 0 Å². The van der Waals surface area contributed by atoms with E-state index in [-0.39, 0.29) is 0 Å². The minimum Gasteiger partial charge on any atom is -0.298 e. The average Bonchev–Trinajstić information content (AvgIpc) is 2.88. The highest BCUT2D eigenvalue weighted by molar-refractivity contribution is 5.87. The summed E-state index contributed by atoms with van der Waals surface area (Å²) in [5.74, 6) is 0. The van der Waals surface area contributed by atoms with Gasteiger partial charge in [0.1, 0.15) is 12.6 Å². The largest absolute Gasteiger partial charge is 0.298 e. The van der Waals surface area contributed by atoms with Gasteiger partial charge in [0, 0.05) is 11.1 Å². The number of hydrogen-bond donors (Lipinski definition) is 0. The third-order valence-electron chi connectivity index (χ3n) is 5.30. The molecule has 2 heteroatoms. The van der Waals surface area contributed by atoms with Crippen molar-refractivity contribution in [2.45, 2.75) is 0 Å². The van der Waals surface area contributed by atoms with Crippen LogP contribution in [0.15, 0.2) is 121 Å². The summed E-state index contributed by atoms with van der Waals surface area (Å²) in [5.41, 5.74) is 7.65. The van der Waals surface area contributed by atoms with Crippen LogP contribution in [0, 0.1) is 0 Å². The van der Waals surface area contributed by atoms with Crippen LogP contribution in [0.2, 0.25) is 0 Å². The van der Waals surface area contributed by atoms with Crippen molar-refractivity contribution in [3.05, 3.63) is 155 Å². The Morgan fingerprint density at radius 3 is 1.03 bits per heavy atom. The van der Waals surface area contributed by atoms with Gasteiger partial charge in [0.2, 0.25) is 0 Å². The summed E-state index contributed by atoms with van der Waals surface area (Å²) in [4.78, 5) is 22.2. The van der Waals surface area contributed by atoms with E-state index < -0.39 is 0 Å². The molecule has 0 saturated carbocycles. The topological polar surface area (TPSA) is 34.1 Å². The van der Waals surface area contributed by atoms with Crippen molar-refractivity contribution < 1.29 is 9.59 Å². The van der Waals surface area contributed by atoms with Gasteiger partial charge in [-0.05, 0) is 33.4 Å². The minimum absolute atomic E-state index is 0.650. The smallest absolute Gasteiger partial charge is 0.150 e. The third kappa shape index (κ3) is 4.88. The Morgan fingerprint density at radius 2 is 0.719 bits per heavy atom. The Labute approximate surface area is 188 Å². The fraction of sp³-hybridized carbons (Fsp3) is 0. The standard InChI is InChI=1S/C30H22O2/c31-21-23-11-15-27(16-12-23)29(25-7-3-1-4-8-25)19-20-30(26-9-5-2-6-10-26)28-17-13-24(22-32)14-18-28/h1-22H/b29-19-,30-20-. The molecule has 0 unspecified atom stereocenters. The molecule has 0 aliphatic heterocycles. The van der Waals surface area contributed by atoms with Crippen LogP contribution in [-0.2, 0) is 0 Å². The van der Waals surface area contributed by atoms with Gasteiger partial charge in [0.25, 0.3) is 0 Å². The molecule has 0 amide bonds. The molecule has 0 fully saturated rings. The Hall–Kier alpha value is -4.30. The lowest BCUT2D eigenvalue weighted by Crippen LogP contribution is -1.91. The zero-order valence-corrected chi connectivity index (χ0v) is 17.5. The molecule has 0 aliphatic rings. The van der Waals surface area contributed by atoms with Crippen molar-refractivity contribution in [1.29, 1.82) is 0 Å². The summed E-state index contributed by atoms with van der Waals surface area (Å²) in [6, 6.07) is 35.6. The van der Waals surface area contributed by atoms with E-state index >= 15 is 0 Å². The zero-order chi connectivity index (χ0) is 22.2. The normalized spacial score (nSPS) is 11.8. The number of aldehydes is 2. The van der Waals surface area contributed by atoms with E-state index in [4.69, 9.17) is 0 Å². The van der Waals surface area contributed by atoms with E-state index in [2.05, 4.69) is 36.4 Å². The summed E-state index contributed by atoms with van der Waals surface area (Å²) in [5, 5.41) is 0. The van der Waals surface area contributed by atoms with Gasteiger partial charge in [-0.1, -0.05) is 121 Å². The van der Waals surface area contributed by atoms with E-state index in [0.717, 1.165) is 46.0 Å². The van der Waals surface area contributed by atoms with Gasteiger partial charge in [0.15, 0.2) is 0 Å². The first-order valence-corrected chi connectivity index (χ1v) is 10.4. The van der Waals surface area contributed by atoms with Crippen LogP contribution in [0.5, 0.6) is 0 Å². The van der Waals surface area contributed by atoms with E-state index in [1.54, 1.807) is 0 Å². The first-order chi connectivity index (χ1) is 15.8. The van der Waals surface area contributed by atoms with E-state index in [9.17, 15) is 9.59 Å². The molecule has 0 saturated heterocycles. The lowest BCUT2D eigenvalue weighted by Gasteiger charge is -2.11. The number of benzene rings is 4. The first-order valence-electron chi connectivity index (χ1n) is 10.4. The molecule has 0 heterocycles. The van der Waals surface area contributed by atoms with Crippen LogP contribution >= 0.6 is 0 Å². The molecule has 0 bridgehead atoms. The summed E-state index contributed by atoms with van der Waals surface area (Å²) in [6.07, 6.45) is 5.93. The molecular weight excluding hydrogens is 392 g/mol. The quantitative estimate of drug-likeness (QED) is 0.244. The minimum atomic E-state index is 0.650. The summed E-state index contributed by atoms with van der Waals surface area (Å²) in [7, 11) is 0. The Kier molecular flexibility index (Phi) is 6.64. The lowest BCUT2D eigenvalue weighted by atomic mass is 9.93. The van der Waals surface area contributed by atoms with Crippen molar-refractivity contribution in [3.8, 4) is 0 Å². The van der Waals surface area contributed by atoms with Crippen LogP contribution in [0.25, 0.3) is 11.1 Å². The third-order valence-corrected chi connectivity index (χ3v) is 5.30. The number of allylic oxidation sites excluding steroid dienone is 2. The highest BCUT2D eigenvalue weighted by atomic mass is 16.1. The first kappa shape index (κ1) is 21.0. The van der Waals surface area contributed by atoms with Gasteiger partial charge in [0.05, 0.1) is 0 Å². The molecule has 32 heavy (non-hydrogen) atoms. The predicted molar refractivity (Wildman–Crippen MR) is 131 cm³/mol. The summed E-state index contributed by atoms with van der Waals surface area (Å²) < 4.78 is 0. The van der Waals surface area contributed by atoms with Crippen molar-refractivity contribution in [2.75, 3.05) is 0 Å². The summed E-state index contributed by atoms with van der Waals surface area (Å²) >= 11 is 0. The van der Waals surface area contributed by atoms with Crippen molar-refractivity contribution in [1.82, 2.24) is 0 Å². The Morgan fingerprint density at radius 1 is 0.406 bits per heavy atom. The van der Waals surface area contributed by atoms with Crippen LogP contribution < -0.4 is 0 Å². The fourth-order valence-electron chi connectivity index (χ4n) is 3.60. The molecule has 0 aliphatic carbocycles. The second-order valence-electron chi connectivity index (χ2n) is 7.37. The van der Waals surface area contributed by atoms with Crippen LogP contribution in [0.4, 0.5) is 0 Å². The monoisotopic (exact) mass is 414 g/mol. The van der Waals surface area contributed by atoms with Gasteiger partial charge < -0.3 is 0 Å². The lowest BCUT2D eigenvalue weighted by molar-refractivity contribution is 0.111. The van der Waals surface area contributed by atoms with Gasteiger partial charge in [-0.3, -0.25) is 9.59 Å². The van der Waals surface area contributed by atoms with Crippen LogP contribution in [-0.4, -0.2) is 12.6 Å². The fourth-order valence-corrected chi connectivity index (χ4v) is 3.60. The van der Waals surface area contributed by atoms with E-state index in [1.807, 2.05) is 84.9 Å². The molecule has 0 spiro atoms. The molecular formula is C30H22O2. The van der Waals surface area contributed by atoms with Crippen LogP contribution in [0.3, 0.4) is 0 Å². The molecule has 2 nitrogen and oxygen atoms in total. The van der Waals surface area contributed by atoms with Crippen molar-refractivity contribution in [3.63, 3.8) is 0 Å². The molecule has 0 radical (unpaired) electrons. The molecule has 4 aromatic carbocycles. The van der Waals surface area contributed by atoms with Crippen LogP contribution in [0.1, 0.15) is 43.0 Å². The molecule has 0 atom stereocenters. The molecule has 4 aromatic rings. The van der Waals surface area contributed by atoms with E-state index in [1.165, 1.54) is 0 Å². The molecule has 0 N–H and O–H groups in total. The maximum absolute atomic E-state index is 11.1. The zero-order valence-electron chi connectivity index (χ0n) is 17.5. The summed E-state index contributed by atoms with van der Waals surface area (Å²) in [6.45, 7) is 0. The predicted octanol–water partition coefficient (Wildman–Crippen LogP) is 6.88. The second kappa shape index (κ2) is 10.1. The maximum Gasteiger partial charge on any atom is 0.150 e. The maximum atomic E-state index is 11.1. The van der Waals surface area contributed by atoms with E-state index in [0.29, 0.717) is 11.1 Å². The van der Waals surface area contributed by atoms with Crippen molar-refractivity contribution in [2.24, 2.45) is 0 Å². The Balaban J connectivity index is 1.86. The number of carbonyl (C=O) groups is 2.